The third kappa shape index (κ3) is 7.59. The lowest BCUT2D eigenvalue weighted by Crippen LogP contribution is -2.49. The zero-order chi connectivity index (χ0) is 26.0. The Kier molecular flexibility index (Phi) is 9.18. The largest absolute Gasteiger partial charge is 0.353 e. The number of benzene rings is 2. The molecule has 0 spiro atoms. The molecule has 2 aromatic carbocycles. The normalized spacial score (nSPS) is 13.5. The Hall–Kier alpha value is -3.81. The van der Waals surface area contributed by atoms with Gasteiger partial charge in [-0.25, -0.2) is 13.8 Å². The van der Waals surface area contributed by atoms with Crippen LogP contribution in [0, 0.1) is 11.6 Å². The van der Waals surface area contributed by atoms with Crippen LogP contribution < -0.4 is 10.2 Å². The van der Waals surface area contributed by atoms with E-state index in [1.807, 2.05) is 24.3 Å². The number of hydrogen-bond acceptors (Lipinski definition) is 4. The van der Waals surface area contributed by atoms with Gasteiger partial charge in [-0.05, 0) is 61.1 Å². The average molecular weight is 507 g/mol. The summed E-state index contributed by atoms with van der Waals surface area (Å²) in [5, 5.41) is 2.96. The van der Waals surface area contributed by atoms with Crippen molar-refractivity contribution in [1.29, 1.82) is 0 Å². The molecule has 4 rings (SSSR count). The highest BCUT2D eigenvalue weighted by atomic mass is 19.2. The predicted molar refractivity (Wildman–Crippen MR) is 139 cm³/mol. The van der Waals surface area contributed by atoms with Crippen molar-refractivity contribution in [2.45, 2.75) is 32.1 Å². The summed E-state index contributed by atoms with van der Waals surface area (Å²) in [7, 11) is 0. The minimum absolute atomic E-state index is 0.00636. The maximum absolute atomic E-state index is 13.4. The summed E-state index contributed by atoms with van der Waals surface area (Å²) in [5.41, 5.74) is 2.43. The number of pyridine rings is 1. The van der Waals surface area contributed by atoms with Gasteiger partial charge in [0.25, 0.3) is 5.91 Å². The van der Waals surface area contributed by atoms with Crippen LogP contribution in [0.3, 0.4) is 0 Å². The lowest BCUT2D eigenvalue weighted by molar-refractivity contribution is -0.131. The maximum Gasteiger partial charge on any atom is 0.252 e. The highest BCUT2D eigenvalue weighted by Gasteiger charge is 2.22. The van der Waals surface area contributed by atoms with Crippen molar-refractivity contribution in [2.24, 2.45) is 0 Å². The van der Waals surface area contributed by atoms with Crippen LogP contribution in [-0.4, -0.2) is 54.4 Å². The monoisotopic (exact) mass is 506 g/mol. The molecule has 6 nitrogen and oxygen atoms in total. The zero-order valence-corrected chi connectivity index (χ0v) is 20.8. The molecule has 2 amide bonds. The fourth-order valence-electron chi connectivity index (χ4n) is 4.40. The second-order valence-corrected chi connectivity index (χ2v) is 9.22. The lowest BCUT2D eigenvalue weighted by Gasteiger charge is -2.35. The number of unbranched alkanes of at least 4 members (excludes halogenated alkanes) is 1. The first kappa shape index (κ1) is 26.3. The number of piperazine rings is 1. The molecule has 1 aliphatic rings. The van der Waals surface area contributed by atoms with Gasteiger partial charge in [-0.1, -0.05) is 36.4 Å². The first-order valence-electron chi connectivity index (χ1n) is 12.7. The highest BCUT2D eigenvalue weighted by Crippen LogP contribution is 2.16. The summed E-state index contributed by atoms with van der Waals surface area (Å²) >= 11 is 0. The number of aromatic nitrogens is 1. The van der Waals surface area contributed by atoms with Gasteiger partial charge in [0.2, 0.25) is 5.91 Å². The number of aryl methyl sites for hydroxylation is 2. The van der Waals surface area contributed by atoms with Crippen molar-refractivity contribution in [2.75, 3.05) is 37.6 Å². The van der Waals surface area contributed by atoms with Crippen molar-refractivity contribution >= 4 is 17.6 Å². The van der Waals surface area contributed by atoms with Gasteiger partial charge in [0.15, 0.2) is 11.6 Å². The number of anilines is 1. The number of halogens is 2. The maximum atomic E-state index is 13.4. The van der Waals surface area contributed by atoms with E-state index in [1.165, 1.54) is 11.6 Å². The number of nitrogens with one attached hydrogen (secondary N) is 1. The number of carbonyl (C=O) groups excluding carboxylic acids is 2. The standard InChI is InChI=1S/C29H32F2N4O2/c30-25-12-9-23(20-26(25)31)10-14-28(36)35-18-16-34(17-19-35)27-13-11-24(21-33-27)29(37)32-15-5-4-8-22-6-2-1-3-7-22/h1-3,6-7,9,11-13,20-21H,4-5,8,10,14-19H2,(H,32,37). The van der Waals surface area contributed by atoms with Crippen LogP contribution in [0.25, 0.3) is 0 Å². The fraction of sp³-hybridized carbons (Fsp3) is 0.345. The molecule has 0 atom stereocenters. The van der Waals surface area contributed by atoms with E-state index in [4.69, 9.17) is 0 Å². The molecule has 0 radical (unpaired) electrons. The number of hydrogen-bond donors (Lipinski definition) is 1. The summed E-state index contributed by atoms with van der Waals surface area (Å²) in [4.78, 5) is 33.3. The van der Waals surface area contributed by atoms with Crippen LogP contribution in [-0.2, 0) is 17.6 Å². The van der Waals surface area contributed by atoms with Gasteiger partial charge >= 0.3 is 0 Å². The van der Waals surface area contributed by atoms with E-state index >= 15 is 0 Å². The smallest absolute Gasteiger partial charge is 0.252 e. The van der Waals surface area contributed by atoms with Crippen LogP contribution in [0.1, 0.15) is 40.7 Å². The Bertz CT molecular complexity index is 1180. The SMILES string of the molecule is O=C(NCCCCc1ccccc1)c1ccc(N2CCN(C(=O)CCc3ccc(F)c(F)c3)CC2)nc1. The first-order chi connectivity index (χ1) is 18.0. The van der Waals surface area contributed by atoms with E-state index in [0.717, 1.165) is 37.2 Å². The zero-order valence-electron chi connectivity index (χ0n) is 20.8. The van der Waals surface area contributed by atoms with Gasteiger partial charge in [-0.2, -0.15) is 0 Å². The third-order valence-electron chi connectivity index (χ3n) is 6.60. The molecule has 2 heterocycles. The van der Waals surface area contributed by atoms with Crippen molar-refractivity contribution in [3.63, 3.8) is 0 Å². The van der Waals surface area contributed by atoms with Gasteiger partial charge < -0.3 is 15.1 Å². The molecule has 8 heteroatoms. The van der Waals surface area contributed by atoms with E-state index in [9.17, 15) is 18.4 Å². The molecule has 3 aromatic rings. The Morgan fingerprint density at radius 3 is 2.32 bits per heavy atom. The second kappa shape index (κ2) is 12.9. The molecular formula is C29H32F2N4O2. The molecule has 37 heavy (non-hydrogen) atoms. The Morgan fingerprint density at radius 1 is 0.838 bits per heavy atom. The van der Waals surface area contributed by atoms with Crippen LogP contribution in [0.4, 0.5) is 14.6 Å². The van der Waals surface area contributed by atoms with E-state index in [1.54, 1.807) is 17.2 Å². The molecule has 0 bridgehead atoms. The summed E-state index contributed by atoms with van der Waals surface area (Å²) in [6.07, 6.45) is 5.14. The Morgan fingerprint density at radius 2 is 1.62 bits per heavy atom. The number of nitrogens with zero attached hydrogens (tertiary/aromatic N) is 3. The number of carbonyl (C=O) groups is 2. The lowest BCUT2D eigenvalue weighted by atomic mass is 10.1. The van der Waals surface area contributed by atoms with Gasteiger partial charge in [-0.15, -0.1) is 0 Å². The molecule has 1 aromatic heterocycles. The van der Waals surface area contributed by atoms with Gasteiger partial charge in [0.1, 0.15) is 5.82 Å². The molecule has 1 fully saturated rings. The Balaban J connectivity index is 1.16. The Labute approximate surface area is 216 Å². The molecule has 194 valence electrons. The molecule has 1 aliphatic heterocycles. The summed E-state index contributed by atoms with van der Waals surface area (Å²) in [5.74, 6) is -1.15. The average Bonchev–Trinajstić information content (AvgIpc) is 2.94. The van der Waals surface area contributed by atoms with Gasteiger partial charge in [-0.3, -0.25) is 9.59 Å². The first-order valence-corrected chi connectivity index (χ1v) is 12.7. The second-order valence-electron chi connectivity index (χ2n) is 9.22. The summed E-state index contributed by atoms with van der Waals surface area (Å²) in [6.45, 7) is 3.01. The highest BCUT2D eigenvalue weighted by molar-refractivity contribution is 5.94. The topological polar surface area (TPSA) is 65.5 Å². The van der Waals surface area contributed by atoms with Crippen LogP contribution >= 0.6 is 0 Å². The molecule has 0 saturated carbocycles. The summed E-state index contributed by atoms with van der Waals surface area (Å²) in [6, 6.07) is 17.7. The van der Waals surface area contributed by atoms with E-state index in [2.05, 4.69) is 27.3 Å². The molecule has 0 aliphatic carbocycles. The molecule has 1 saturated heterocycles. The summed E-state index contributed by atoms with van der Waals surface area (Å²) < 4.78 is 26.4. The predicted octanol–water partition coefficient (Wildman–Crippen LogP) is 4.39. The number of amides is 2. The minimum atomic E-state index is -0.895. The molecular weight excluding hydrogens is 474 g/mol. The van der Waals surface area contributed by atoms with E-state index in [-0.39, 0.29) is 18.2 Å². The van der Waals surface area contributed by atoms with Crippen molar-refractivity contribution in [3.05, 3.63) is 95.2 Å². The van der Waals surface area contributed by atoms with Crippen LogP contribution in [0.15, 0.2) is 66.9 Å². The van der Waals surface area contributed by atoms with Crippen molar-refractivity contribution < 1.29 is 18.4 Å². The quantitative estimate of drug-likeness (QED) is 0.414. The third-order valence-corrected chi connectivity index (χ3v) is 6.60. The van der Waals surface area contributed by atoms with E-state index in [0.29, 0.717) is 50.3 Å². The molecule has 0 unspecified atom stereocenters. The molecule has 1 N–H and O–H groups in total. The van der Waals surface area contributed by atoms with Gasteiger partial charge in [0, 0.05) is 45.3 Å². The van der Waals surface area contributed by atoms with Crippen molar-refractivity contribution in [1.82, 2.24) is 15.2 Å². The minimum Gasteiger partial charge on any atom is -0.353 e. The van der Waals surface area contributed by atoms with Crippen LogP contribution in [0.2, 0.25) is 0 Å². The van der Waals surface area contributed by atoms with Gasteiger partial charge in [0.05, 0.1) is 5.56 Å². The van der Waals surface area contributed by atoms with Crippen molar-refractivity contribution in [3.8, 4) is 0 Å². The fourth-order valence-corrected chi connectivity index (χ4v) is 4.40. The van der Waals surface area contributed by atoms with Crippen LogP contribution in [0.5, 0.6) is 0 Å². The van der Waals surface area contributed by atoms with E-state index < -0.39 is 11.6 Å². The number of rotatable bonds is 10.